The first kappa shape index (κ1) is 18.3. The molecule has 0 radical (unpaired) electrons. The fraction of sp³-hybridized carbons (Fsp3) is 0.333. The second-order valence-corrected chi connectivity index (χ2v) is 6.70. The molecule has 1 saturated heterocycles. The minimum Gasteiger partial charge on any atom is -0.493 e. The quantitative estimate of drug-likeness (QED) is 0.798. The third kappa shape index (κ3) is 4.37. The number of amides is 2. The van der Waals surface area contributed by atoms with Crippen LogP contribution in [-0.2, 0) is 0 Å². The van der Waals surface area contributed by atoms with Gasteiger partial charge in [-0.05, 0) is 34.1 Å². The van der Waals surface area contributed by atoms with Crippen LogP contribution >= 0.6 is 15.9 Å². The van der Waals surface area contributed by atoms with Crippen molar-refractivity contribution in [2.45, 2.75) is 12.5 Å². The zero-order valence-electron chi connectivity index (χ0n) is 14.6. The second kappa shape index (κ2) is 8.27. The Hall–Kier alpha value is -2.48. The molecule has 3 rings (SSSR count). The van der Waals surface area contributed by atoms with Crippen molar-refractivity contribution in [1.82, 2.24) is 9.88 Å². The molecule has 0 spiro atoms. The van der Waals surface area contributed by atoms with E-state index in [1.165, 1.54) is 0 Å². The van der Waals surface area contributed by atoms with E-state index in [0.29, 0.717) is 36.2 Å². The average molecular weight is 422 g/mol. The van der Waals surface area contributed by atoms with Crippen LogP contribution in [0.2, 0.25) is 0 Å². The van der Waals surface area contributed by atoms with Gasteiger partial charge in [-0.15, -0.1) is 0 Å². The Balaban J connectivity index is 1.56. The van der Waals surface area contributed by atoms with Gasteiger partial charge in [-0.1, -0.05) is 0 Å². The Labute approximate surface area is 160 Å². The van der Waals surface area contributed by atoms with Gasteiger partial charge in [-0.3, -0.25) is 0 Å². The number of halogens is 1. The average Bonchev–Trinajstić information content (AvgIpc) is 3.12. The number of carbonyl (C=O) groups excluding carboxylic acids is 1. The van der Waals surface area contributed by atoms with Crippen LogP contribution in [0.3, 0.4) is 0 Å². The number of benzene rings is 1. The summed E-state index contributed by atoms with van der Waals surface area (Å²) in [6.07, 6.45) is 2.38. The molecule has 0 aliphatic carbocycles. The summed E-state index contributed by atoms with van der Waals surface area (Å²) in [5.41, 5.74) is 0.645. The van der Waals surface area contributed by atoms with Gasteiger partial charge in [0.15, 0.2) is 11.5 Å². The minimum atomic E-state index is -0.174. The van der Waals surface area contributed by atoms with E-state index >= 15 is 0 Å². The molecule has 1 aromatic carbocycles. The fourth-order valence-electron chi connectivity index (χ4n) is 2.73. The molecule has 1 aliphatic heterocycles. The zero-order chi connectivity index (χ0) is 18.5. The number of nitrogens with one attached hydrogen (secondary N) is 1. The Morgan fingerprint density at radius 1 is 1.23 bits per heavy atom. The maximum Gasteiger partial charge on any atom is 0.321 e. The Morgan fingerprint density at radius 3 is 2.73 bits per heavy atom. The van der Waals surface area contributed by atoms with Gasteiger partial charge >= 0.3 is 6.03 Å². The molecule has 7 nitrogen and oxygen atoms in total. The van der Waals surface area contributed by atoms with E-state index in [-0.39, 0.29) is 12.1 Å². The number of ether oxygens (including phenoxy) is 3. The number of anilines is 1. The van der Waals surface area contributed by atoms with Gasteiger partial charge in [0.25, 0.3) is 0 Å². The lowest BCUT2D eigenvalue weighted by atomic mass is 10.3. The van der Waals surface area contributed by atoms with Crippen LogP contribution in [0.25, 0.3) is 0 Å². The van der Waals surface area contributed by atoms with Crippen molar-refractivity contribution in [1.29, 1.82) is 0 Å². The summed E-state index contributed by atoms with van der Waals surface area (Å²) in [7, 11) is 3.13. The van der Waals surface area contributed by atoms with Crippen LogP contribution in [0, 0.1) is 0 Å². The van der Waals surface area contributed by atoms with Crippen LogP contribution < -0.4 is 19.5 Å². The molecule has 138 valence electrons. The van der Waals surface area contributed by atoms with E-state index in [0.717, 1.165) is 10.9 Å². The normalized spacial score (nSPS) is 16.3. The van der Waals surface area contributed by atoms with Gasteiger partial charge in [0.1, 0.15) is 6.10 Å². The number of nitrogens with zero attached hydrogens (tertiary/aromatic N) is 2. The summed E-state index contributed by atoms with van der Waals surface area (Å²) in [5, 5.41) is 2.88. The molecule has 1 aliphatic rings. The minimum absolute atomic E-state index is 0.0696. The Kier molecular flexibility index (Phi) is 5.82. The number of hydrogen-bond donors (Lipinski definition) is 1. The highest BCUT2D eigenvalue weighted by atomic mass is 79.9. The van der Waals surface area contributed by atoms with Gasteiger partial charge in [0.2, 0.25) is 5.88 Å². The molecule has 1 atom stereocenters. The number of likely N-dealkylation sites (tertiary alicyclic amines) is 1. The number of rotatable bonds is 5. The molecular formula is C18H20BrN3O4. The third-order valence-corrected chi connectivity index (χ3v) is 4.52. The molecule has 26 heavy (non-hydrogen) atoms. The number of pyridine rings is 1. The molecule has 0 saturated carbocycles. The first-order valence-corrected chi connectivity index (χ1v) is 8.94. The largest absolute Gasteiger partial charge is 0.493 e. The lowest BCUT2D eigenvalue weighted by Crippen LogP contribution is -2.34. The second-order valence-electron chi connectivity index (χ2n) is 5.79. The molecule has 1 N–H and O–H groups in total. The van der Waals surface area contributed by atoms with Crippen molar-refractivity contribution in [3.8, 4) is 17.4 Å². The van der Waals surface area contributed by atoms with Crippen LogP contribution in [-0.4, -0.2) is 49.3 Å². The van der Waals surface area contributed by atoms with Crippen molar-refractivity contribution in [3.63, 3.8) is 0 Å². The predicted octanol–water partition coefficient (Wildman–Crippen LogP) is 3.55. The number of carbonyl (C=O) groups is 1. The molecule has 1 aromatic heterocycles. The van der Waals surface area contributed by atoms with Crippen molar-refractivity contribution < 1.29 is 19.0 Å². The summed E-state index contributed by atoms with van der Waals surface area (Å²) < 4.78 is 17.2. The molecule has 2 amide bonds. The van der Waals surface area contributed by atoms with E-state index < -0.39 is 0 Å². The zero-order valence-corrected chi connectivity index (χ0v) is 16.2. The monoisotopic (exact) mass is 421 g/mol. The van der Waals surface area contributed by atoms with Crippen molar-refractivity contribution in [2.24, 2.45) is 0 Å². The summed E-state index contributed by atoms with van der Waals surface area (Å²) in [5.74, 6) is 1.73. The lowest BCUT2D eigenvalue weighted by molar-refractivity contribution is 0.190. The smallest absolute Gasteiger partial charge is 0.321 e. The number of urea groups is 1. The first-order chi connectivity index (χ1) is 12.6. The molecule has 2 heterocycles. The van der Waals surface area contributed by atoms with Gasteiger partial charge < -0.3 is 24.4 Å². The molecule has 8 heteroatoms. The highest BCUT2D eigenvalue weighted by Crippen LogP contribution is 2.30. The van der Waals surface area contributed by atoms with Gasteiger partial charge in [0.05, 0.1) is 20.8 Å². The van der Waals surface area contributed by atoms with Crippen molar-refractivity contribution >= 4 is 27.6 Å². The first-order valence-electron chi connectivity index (χ1n) is 8.15. The van der Waals surface area contributed by atoms with Crippen molar-refractivity contribution in [3.05, 3.63) is 41.0 Å². The van der Waals surface area contributed by atoms with E-state index in [1.54, 1.807) is 49.6 Å². The SMILES string of the molecule is COc1ccc(NC(=O)N2CCC(Oc3ccc(Br)cn3)C2)cc1OC. The highest BCUT2D eigenvalue weighted by Gasteiger charge is 2.28. The van der Waals surface area contributed by atoms with Crippen molar-refractivity contribution in [2.75, 3.05) is 32.6 Å². The molecule has 1 unspecified atom stereocenters. The maximum absolute atomic E-state index is 12.5. The van der Waals surface area contributed by atoms with E-state index in [2.05, 4.69) is 26.2 Å². The van der Waals surface area contributed by atoms with E-state index in [1.807, 2.05) is 6.07 Å². The van der Waals surface area contributed by atoms with Gasteiger partial charge in [-0.25, -0.2) is 9.78 Å². The van der Waals surface area contributed by atoms with E-state index in [9.17, 15) is 4.79 Å². The standard InChI is InChI=1S/C18H20BrN3O4/c1-24-15-5-4-13(9-16(15)25-2)21-18(23)22-8-7-14(11-22)26-17-6-3-12(19)10-20-17/h3-6,9-10,14H,7-8,11H2,1-2H3,(H,21,23). The maximum atomic E-state index is 12.5. The van der Waals surface area contributed by atoms with Gasteiger partial charge in [-0.2, -0.15) is 0 Å². The topological polar surface area (TPSA) is 72.9 Å². The van der Waals surface area contributed by atoms with Gasteiger partial charge in [0, 0.05) is 41.5 Å². The molecule has 2 aromatic rings. The summed E-state index contributed by atoms with van der Waals surface area (Å²) >= 11 is 3.34. The predicted molar refractivity (Wildman–Crippen MR) is 101 cm³/mol. The third-order valence-electron chi connectivity index (χ3n) is 4.05. The van der Waals surface area contributed by atoms with Crippen LogP contribution in [0.4, 0.5) is 10.5 Å². The van der Waals surface area contributed by atoms with Crippen LogP contribution in [0.15, 0.2) is 41.0 Å². The highest BCUT2D eigenvalue weighted by molar-refractivity contribution is 9.10. The summed E-state index contributed by atoms with van der Waals surface area (Å²) in [4.78, 5) is 18.4. The van der Waals surface area contributed by atoms with Crippen LogP contribution in [0.5, 0.6) is 17.4 Å². The lowest BCUT2D eigenvalue weighted by Gasteiger charge is -2.18. The number of methoxy groups -OCH3 is 2. The summed E-state index contributed by atoms with van der Waals surface area (Å²) in [6.45, 7) is 1.14. The number of hydrogen-bond acceptors (Lipinski definition) is 5. The Morgan fingerprint density at radius 2 is 2.04 bits per heavy atom. The molecule has 1 fully saturated rings. The van der Waals surface area contributed by atoms with Crippen LogP contribution in [0.1, 0.15) is 6.42 Å². The summed E-state index contributed by atoms with van der Waals surface area (Å²) in [6, 6.07) is 8.76. The van der Waals surface area contributed by atoms with E-state index in [4.69, 9.17) is 14.2 Å². The fourth-order valence-corrected chi connectivity index (χ4v) is 2.96. The molecule has 0 bridgehead atoms. The Bertz CT molecular complexity index is 770. The number of aromatic nitrogens is 1. The molecular weight excluding hydrogens is 402 g/mol.